The second-order valence-electron chi connectivity index (χ2n) is 10.5. The Labute approximate surface area is 217 Å². The summed E-state index contributed by atoms with van der Waals surface area (Å²) in [4.78, 5) is 20.3. The molecular formula is C29H35FN4O3. The van der Waals surface area contributed by atoms with Crippen molar-refractivity contribution in [2.75, 3.05) is 64.4 Å². The van der Waals surface area contributed by atoms with Gasteiger partial charge in [-0.15, -0.1) is 0 Å². The van der Waals surface area contributed by atoms with Gasteiger partial charge in [0.2, 0.25) is 0 Å². The van der Waals surface area contributed by atoms with Crippen molar-refractivity contribution in [1.29, 1.82) is 0 Å². The zero-order valence-electron chi connectivity index (χ0n) is 21.4. The summed E-state index contributed by atoms with van der Waals surface area (Å²) in [6, 6.07) is 13.0. The maximum absolute atomic E-state index is 15.3. The molecule has 1 unspecified atom stereocenters. The number of likely N-dealkylation sites (N-methyl/N-ethyl adjacent to an activating group) is 1. The van der Waals surface area contributed by atoms with Crippen molar-refractivity contribution < 1.29 is 13.9 Å². The highest BCUT2D eigenvalue weighted by molar-refractivity contribution is 5.83. The number of ether oxygens (including phenoxy) is 2. The van der Waals surface area contributed by atoms with E-state index in [4.69, 9.17) is 9.47 Å². The summed E-state index contributed by atoms with van der Waals surface area (Å²) in [5, 5.41) is 1.38. The number of pyridine rings is 1. The minimum atomic E-state index is -0.290. The van der Waals surface area contributed by atoms with E-state index in [1.807, 2.05) is 30.3 Å². The number of rotatable bonds is 6. The van der Waals surface area contributed by atoms with Crippen LogP contribution in [0, 0.1) is 5.82 Å². The SMILES string of the molecule is CN1CCN(C2CCN(c3ccc(-n4ccc5cc(OC[C@H]6CCCO6)ccc5c4=O)cc3F)C2)CC1. The molecule has 3 fully saturated rings. The van der Waals surface area contributed by atoms with Gasteiger partial charge in [-0.25, -0.2) is 4.39 Å². The number of benzene rings is 2. The molecule has 4 heterocycles. The van der Waals surface area contributed by atoms with Gasteiger partial charge in [0.1, 0.15) is 18.2 Å². The van der Waals surface area contributed by atoms with Gasteiger partial charge in [0.15, 0.2) is 0 Å². The Balaban J connectivity index is 1.17. The van der Waals surface area contributed by atoms with Crippen molar-refractivity contribution >= 4 is 16.5 Å². The first kappa shape index (κ1) is 24.4. The first-order valence-electron chi connectivity index (χ1n) is 13.4. The molecular weight excluding hydrogens is 471 g/mol. The van der Waals surface area contributed by atoms with Crippen LogP contribution in [0.3, 0.4) is 0 Å². The summed E-state index contributed by atoms with van der Waals surface area (Å²) >= 11 is 0. The average molecular weight is 507 g/mol. The van der Waals surface area contributed by atoms with Crippen LogP contribution in [0.1, 0.15) is 19.3 Å². The van der Waals surface area contributed by atoms with Gasteiger partial charge < -0.3 is 19.3 Å². The van der Waals surface area contributed by atoms with E-state index in [2.05, 4.69) is 21.7 Å². The van der Waals surface area contributed by atoms with Crippen LogP contribution in [0.15, 0.2) is 53.5 Å². The number of fused-ring (bicyclic) bond motifs is 1. The molecule has 37 heavy (non-hydrogen) atoms. The van der Waals surface area contributed by atoms with Crippen molar-refractivity contribution in [3.63, 3.8) is 0 Å². The summed E-state index contributed by atoms with van der Waals surface area (Å²) in [5.74, 6) is 0.428. The van der Waals surface area contributed by atoms with E-state index in [1.54, 1.807) is 12.3 Å². The Hall–Kier alpha value is -2.94. The van der Waals surface area contributed by atoms with Crippen LogP contribution in [-0.4, -0.2) is 86.0 Å². The fourth-order valence-electron chi connectivity index (χ4n) is 5.83. The van der Waals surface area contributed by atoms with Crippen LogP contribution in [0.4, 0.5) is 10.1 Å². The highest BCUT2D eigenvalue weighted by Gasteiger charge is 2.30. The molecule has 2 atom stereocenters. The number of aromatic nitrogens is 1. The molecule has 3 aromatic rings. The molecule has 0 bridgehead atoms. The van der Waals surface area contributed by atoms with Crippen molar-refractivity contribution in [3.05, 3.63) is 64.8 Å². The molecule has 0 amide bonds. The van der Waals surface area contributed by atoms with Gasteiger partial charge in [0.05, 0.1) is 17.5 Å². The first-order chi connectivity index (χ1) is 18.0. The summed E-state index contributed by atoms with van der Waals surface area (Å²) in [7, 11) is 2.16. The zero-order chi connectivity index (χ0) is 25.4. The van der Waals surface area contributed by atoms with Gasteiger partial charge in [-0.3, -0.25) is 14.3 Å². The van der Waals surface area contributed by atoms with Crippen LogP contribution in [-0.2, 0) is 4.74 Å². The van der Waals surface area contributed by atoms with Crippen molar-refractivity contribution in [3.8, 4) is 11.4 Å². The van der Waals surface area contributed by atoms with E-state index in [9.17, 15) is 4.79 Å². The van der Waals surface area contributed by atoms with Crippen molar-refractivity contribution in [2.45, 2.75) is 31.4 Å². The molecule has 3 aliphatic rings. The molecule has 196 valence electrons. The second-order valence-corrected chi connectivity index (χ2v) is 10.5. The third-order valence-electron chi connectivity index (χ3n) is 8.10. The summed E-state index contributed by atoms with van der Waals surface area (Å²) in [6.07, 6.45) is 4.99. The fraction of sp³-hybridized carbons (Fsp3) is 0.483. The molecule has 0 N–H and O–H groups in total. The average Bonchev–Trinajstić information content (AvgIpc) is 3.61. The van der Waals surface area contributed by atoms with Crippen LogP contribution < -0.4 is 15.2 Å². The number of piperazine rings is 1. The van der Waals surface area contributed by atoms with Crippen LogP contribution in [0.2, 0.25) is 0 Å². The highest BCUT2D eigenvalue weighted by atomic mass is 19.1. The van der Waals surface area contributed by atoms with Crippen molar-refractivity contribution in [2.24, 2.45) is 0 Å². The van der Waals surface area contributed by atoms with Gasteiger partial charge in [0.25, 0.3) is 5.56 Å². The van der Waals surface area contributed by atoms with Crippen LogP contribution >= 0.6 is 0 Å². The van der Waals surface area contributed by atoms with E-state index in [1.165, 1.54) is 10.6 Å². The lowest BCUT2D eigenvalue weighted by Gasteiger charge is -2.36. The maximum Gasteiger partial charge on any atom is 0.262 e. The predicted molar refractivity (Wildman–Crippen MR) is 144 cm³/mol. The number of nitrogens with zero attached hydrogens (tertiary/aromatic N) is 4. The van der Waals surface area contributed by atoms with Gasteiger partial charge in [-0.2, -0.15) is 0 Å². The van der Waals surface area contributed by atoms with E-state index in [0.29, 0.717) is 29.4 Å². The van der Waals surface area contributed by atoms with E-state index in [0.717, 1.165) is 76.3 Å². The molecule has 0 spiro atoms. The third kappa shape index (κ3) is 5.10. The number of hydrogen-bond acceptors (Lipinski definition) is 6. The van der Waals surface area contributed by atoms with Gasteiger partial charge >= 0.3 is 0 Å². The molecule has 7 nitrogen and oxygen atoms in total. The molecule has 2 aromatic carbocycles. The Morgan fingerprint density at radius 3 is 2.68 bits per heavy atom. The van der Waals surface area contributed by atoms with Gasteiger partial charge in [-0.1, -0.05) is 0 Å². The summed E-state index contributed by atoms with van der Waals surface area (Å²) < 4.78 is 28.3. The number of hydrogen-bond donors (Lipinski definition) is 0. The standard InChI is InChI=1S/C29H35FN4O3/c1-31-12-14-32(15-13-31)23-9-10-33(19-23)28-7-4-22(18-27(28)30)34-11-8-21-17-24(5-6-26(21)29(34)35)37-20-25-3-2-16-36-25/h4-8,11,17-18,23,25H,2-3,9-10,12-16,19-20H2,1H3/t23?,25-/m1/s1. The normalized spacial score (nSPS) is 23.2. The Bertz CT molecular complexity index is 1310. The fourth-order valence-corrected chi connectivity index (χ4v) is 5.83. The minimum Gasteiger partial charge on any atom is -0.491 e. The lowest BCUT2D eigenvalue weighted by molar-refractivity contribution is 0.0680. The van der Waals surface area contributed by atoms with E-state index in [-0.39, 0.29) is 17.5 Å². The lowest BCUT2D eigenvalue weighted by Crippen LogP contribution is -2.49. The minimum absolute atomic E-state index is 0.139. The highest BCUT2D eigenvalue weighted by Crippen LogP contribution is 2.28. The molecule has 0 aliphatic carbocycles. The first-order valence-corrected chi connectivity index (χ1v) is 13.4. The summed E-state index contributed by atoms with van der Waals surface area (Å²) in [5.41, 5.74) is 0.968. The van der Waals surface area contributed by atoms with E-state index < -0.39 is 0 Å². The summed E-state index contributed by atoms with van der Waals surface area (Å²) in [6.45, 7) is 7.32. The molecule has 3 saturated heterocycles. The molecule has 0 saturated carbocycles. The largest absolute Gasteiger partial charge is 0.491 e. The number of anilines is 1. The maximum atomic E-state index is 15.3. The molecule has 8 heteroatoms. The smallest absolute Gasteiger partial charge is 0.262 e. The van der Waals surface area contributed by atoms with Crippen LogP contribution in [0.25, 0.3) is 16.5 Å². The predicted octanol–water partition coefficient (Wildman–Crippen LogP) is 3.51. The number of halogens is 1. The van der Waals surface area contributed by atoms with Crippen molar-refractivity contribution in [1.82, 2.24) is 14.4 Å². The molecule has 6 rings (SSSR count). The Morgan fingerprint density at radius 2 is 1.89 bits per heavy atom. The van der Waals surface area contributed by atoms with E-state index >= 15 is 4.39 Å². The third-order valence-corrected chi connectivity index (χ3v) is 8.10. The second kappa shape index (κ2) is 10.4. The molecule has 1 aromatic heterocycles. The molecule has 3 aliphatic heterocycles. The van der Waals surface area contributed by atoms with Crippen LogP contribution in [0.5, 0.6) is 5.75 Å². The molecule has 0 radical (unpaired) electrons. The lowest BCUT2D eigenvalue weighted by atomic mass is 10.1. The van der Waals surface area contributed by atoms with Gasteiger partial charge in [-0.05, 0) is 68.1 Å². The monoisotopic (exact) mass is 506 g/mol. The zero-order valence-corrected chi connectivity index (χ0v) is 21.4. The Kier molecular flexibility index (Phi) is 6.88. The quantitative estimate of drug-likeness (QED) is 0.510. The Morgan fingerprint density at radius 1 is 1.03 bits per heavy atom. The topological polar surface area (TPSA) is 50.2 Å². The van der Waals surface area contributed by atoms with Gasteiger partial charge in [0, 0.05) is 69.6 Å².